The van der Waals surface area contributed by atoms with Crippen LogP contribution in [0.2, 0.25) is 0 Å². The number of aryl methyl sites for hydroxylation is 2. The van der Waals surface area contributed by atoms with Gasteiger partial charge in [-0.05, 0) is 55.5 Å². The van der Waals surface area contributed by atoms with Gasteiger partial charge in [-0.2, -0.15) is 0 Å². The van der Waals surface area contributed by atoms with E-state index < -0.39 is 0 Å². The lowest BCUT2D eigenvalue weighted by Crippen LogP contribution is -2.27. The number of rotatable bonds is 8. The van der Waals surface area contributed by atoms with E-state index in [4.69, 9.17) is 0 Å². The molecule has 0 aliphatic heterocycles. The molecule has 0 saturated carbocycles. The van der Waals surface area contributed by atoms with Crippen LogP contribution in [0, 0.1) is 5.82 Å². The highest BCUT2D eigenvalue weighted by molar-refractivity contribution is 8.00. The average Bonchev–Trinajstić information content (AvgIpc) is 3.14. The summed E-state index contributed by atoms with van der Waals surface area (Å²) in [5.41, 5.74) is 2.56. The zero-order chi connectivity index (χ0) is 18.4. The van der Waals surface area contributed by atoms with Gasteiger partial charge < -0.3 is 4.57 Å². The molecule has 0 fully saturated rings. The van der Waals surface area contributed by atoms with Crippen molar-refractivity contribution in [2.24, 2.45) is 0 Å². The van der Waals surface area contributed by atoms with Gasteiger partial charge in [0, 0.05) is 28.6 Å². The molecule has 0 bridgehead atoms. The maximum atomic E-state index is 13.2. The molecule has 0 radical (unpaired) electrons. The molecule has 136 valence electrons. The van der Waals surface area contributed by atoms with Crippen molar-refractivity contribution in [3.8, 4) is 0 Å². The standard InChI is InChI=1S/C22H25FN2S/c1-3-19-6-4-5-7-21(19)26-22(2,16-25-15-14-24-17-25)13-12-18-8-10-20(23)11-9-18/h4-11,14-15,17H,3,12-13,16H2,1-2H3. The normalized spacial score (nSPS) is 13.5. The van der Waals surface area contributed by atoms with Crippen LogP contribution in [0.3, 0.4) is 0 Å². The molecule has 1 atom stereocenters. The van der Waals surface area contributed by atoms with Crippen molar-refractivity contribution in [3.05, 3.63) is 84.2 Å². The van der Waals surface area contributed by atoms with Crippen LogP contribution in [0.5, 0.6) is 0 Å². The largest absolute Gasteiger partial charge is 0.336 e. The third-order valence-electron chi connectivity index (χ3n) is 4.64. The zero-order valence-electron chi connectivity index (χ0n) is 15.4. The highest BCUT2D eigenvalue weighted by atomic mass is 32.2. The van der Waals surface area contributed by atoms with Crippen molar-refractivity contribution in [3.63, 3.8) is 0 Å². The van der Waals surface area contributed by atoms with Crippen molar-refractivity contribution in [2.45, 2.75) is 49.3 Å². The van der Waals surface area contributed by atoms with Gasteiger partial charge in [-0.25, -0.2) is 9.37 Å². The van der Waals surface area contributed by atoms with E-state index in [1.807, 2.05) is 42.6 Å². The smallest absolute Gasteiger partial charge is 0.123 e. The Kier molecular flexibility index (Phi) is 6.15. The first-order valence-corrected chi connectivity index (χ1v) is 9.87. The zero-order valence-corrected chi connectivity index (χ0v) is 16.2. The van der Waals surface area contributed by atoms with Crippen LogP contribution in [0.25, 0.3) is 0 Å². The summed E-state index contributed by atoms with van der Waals surface area (Å²) < 4.78 is 15.3. The number of nitrogens with zero attached hydrogens (tertiary/aromatic N) is 2. The first kappa shape index (κ1) is 18.7. The lowest BCUT2D eigenvalue weighted by Gasteiger charge is -2.30. The van der Waals surface area contributed by atoms with Gasteiger partial charge in [-0.1, -0.05) is 37.3 Å². The van der Waals surface area contributed by atoms with E-state index in [2.05, 4.69) is 47.7 Å². The Hall–Kier alpha value is -2.07. The number of hydrogen-bond acceptors (Lipinski definition) is 2. The van der Waals surface area contributed by atoms with E-state index in [9.17, 15) is 4.39 Å². The topological polar surface area (TPSA) is 17.8 Å². The van der Waals surface area contributed by atoms with Gasteiger partial charge in [-0.3, -0.25) is 0 Å². The molecule has 0 amide bonds. The fourth-order valence-corrected chi connectivity index (χ4v) is 4.59. The molecule has 2 nitrogen and oxygen atoms in total. The predicted molar refractivity (Wildman–Crippen MR) is 107 cm³/mol. The number of halogens is 1. The van der Waals surface area contributed by atoms with Crippen LogP contribution in [0.4, 0.5) is 4.39 Å². The lowest BCUT2D eigenvalue weighted by molar-refractivity contribution is 0.495. The molecular formula is C22H25FN2S. The third kappa shape index (κ3) is 4.98. The van der Waals surface area contributed by atoms with Crippen molar-refractivity contribution in [2.75, 3.05) is 0 Å². The number of imidazole rings is 1. The Morgan fingerprint density at radius 2 is 1.88 bits per heavy atom. The Labute approximate surface area is 159 Å². The summed E-state index contributed by atoms with van der Waals surface area (Å²) >= 11 is 1.94. The van der Waals surface area contributed by atoms with Gasteiger partial charge >= 0.3 is 0 Å². The maximum absolute atomic E-state index is 13.2. The van der Waals surface area contributed by atoms with Gasteiger partial charge in [0.25, 0.3) is 0 Å². The Balaban J connectivity index is 1.80. The maximum Gasteiger partial charge on any atom is 0.123 e. The van der Waals surface area contributed by atoms with Crippen LogP contribution in [0.15, 0.2) is 72.1 Å². The fraction of sp³-hybridized carbons (Fsp3) is 0.318. The second-order valence-electron chi connectivity index (χ2n) is 6.87. The summed E-state index contributed by atoms with van der Waals surface area (Å²) in [6, 6.07) is 15.5. The number of hydrogen-bond donors (Lipinski definition) is 0. The van der Waals surface area contributed by atoms with E-state index in [0.717, 1.165) is 25.8 Å². The third-order valence-corrected chi connectivity index (χ3v) is 6.09. The van der Waals surface area contributed by atoms with Gasteiger partial charge in [0.2, 0.25) is 0 Å². The number of thioether (sulfide) groups is 1. The fourth-order valence-electron chi connectivity index (χ4n) is 3.15. The number of benzene rings is 2. The highest BCUT2D eigenvalue weighted by Gasteiger charge is 2.27. The minimum absolute atomic E-state index is 0.0142. The second-order valence-corrected chi connectivity index (χ2v) is 8.50. The number of aromatic nitrogens is 2. The SMILES string of the molecule is CCc1ccccc1SC(C)(CCc1ccc(F)cc1)Cn1ccnc1. The van der Waals surface area contributed by atoms with E-state index in [0.29, 0.717) is 0 Å². The molecule has 1 heterocycles. The van der Waals surface area contributed by atoms with E-state index in [1.165, 1.54) is 16.0 Å². The van der Waals surface area contributed by atoms with Crippen LogP contribution in [-0.4, -0.2) is 14.3 Å². The van der Waals surface area contributed by atoms with Crippen LogP contribution in [0.1, 0.15) is 31.4 Å². The minimum Gasteiger partial charge on any atom is -0.336 e. The lowest BCUT2D eigenvalue weighted by atomic mass is 10.00. The first-order valence-electron chi connectivity index (χ1n) is 9.05. The molecule has 1 unspecified atom stereocenters. The van der Waals surface area contributed by atoms with Gasteiger partial charge in [0.15, 0.2) is 0 Å². The molecule has 2 aromatic carbocycles. The van der Waals surface area contributed by atoms with Crippen LogP contribution >= 0.6 is 11.8 Å². The first-order chi connectivity index (χ1) is 12.6. The summed E-state index contributed by atoms with van der Waals surface area (Å²) in [7, 11) is 0. The summed E-state index contributed by atoms with van der Waals surface area (Å²) in [6.07, 6.45) is 8.67. The monoisotopic (exact) mass is 368 g/mol. The molecule has 4 heteroatoms. The van der Waals surface area contributed by atoms with Crippen molar-refractivity contribution >= 4 is 11.8 Å². The molecule has 3 rings (SSSR count). The summed E-state index contributed by atoms with van der Waals surface area (Å²) in [6.45, 7) is 5.40. The summed E-state index contributed by atoms with van der Waals surface area (Å²) in [5.74, 6) is -0.179. The van der Waals surface area contributed by atoms with E-state index in [1.54, 1.807) is 12.1 Å². The predicted octanol–water partition coefficient (Wildman–Crippen LogP) is 5.77. The van der Waals surface area contributed by atoms with Crippen LogP contribution < -0.4 is 0 Å². The van der Waals surface area contributed by atoms with E-state index in [-0.39, 0.29) is 10.6 Å². The van der Waals surface area contributed by atoms with Gasteiger partial charge in [-0.15, -0.1) is 11.8 Å². The molecular weight excluding hydrogens is 343 g/mol. The van der Waals surface area contributed by atoms with Crippen molar-refractivity contribution in [1.29, 1.82) is 0 Å². The van der Waals surface area contributed by atoms with Gasteiger partial charge in [0.1, 0.15) is 5.82 Å². The Bertz CT molecular complexity index is 814. The second kappa shape index (κ2) is 8.54. The Morgan fingerprint density at radius 1 is 1.12 bits per heavy atom. The van der Waals surface area contributed by atoms with Crippen molar-refractivity contribution in [1.82, 2.24) is 9.55 Å². The molecule has 3 aromatic rings. The molecule has 26 heavy (non-hydrogen) atoms. The minimum atomic E-state index is -0.179. The quantitative estimate of drug-likeness (QED) is 0.470. The Morgan fingerprint density at radius 3 is 2.58 bits per heavy atom. The van der Waals surface area contributed by atoms with Gasteiger partial charge in [0.05, 0.1) is 6.33 Å². The summed E-state index contributed by atoms with van der Waals surface area (Å²) in [4.78, 5) is 5.53. The van der Waals surface area contributed by atoms with Crippen molar-refractivity contribution < 1.29 is 4.39 Å². The molecule has 0 aliphatic rings. The molecule has 0 aliphatic carbocycles. The molecule has 0 saturated heterocycles. The van der Waals surface area contributed by atoms with E-state index >= 15 is 0 Å². The summed E-state index contributed by atoms with van der Waals surface area (Å²) in [5, 5.41) is 0. The molecule has 1 aromatic heterocycles. The average molecular weight is 369 g/mol. The highest BCUT2D eigenvalue weighted by Crippen LogP contribution is 2.39. The molecule has 0 spiro atoms. The van der Waals surface area contributed by atoms with Crippen LogP contribution in [-0.2, 0) is 19.4 Å². The molecule has 0 N–H and O–H groups in total.